The van der Waals surface area contributed by atoms with Crippen LogP contribution in [0.4, 0.5) is 0 Å². The summed E-state index contributed by atoms with van der Waals surface area (Å²) in [6.45, 7) is 0. The fourth-order valence-electron chi connectivity index (χ4n) is 2.80. The number of thioether (sulfide) groups is 1. The van der Waals surface area contributed by atoms with E-state index < -0.39 is 0 Å². The molecule has 120 valence electrons. The molecule has 0 amide bonds. The quantitative estimate of drug-likeness (QED) is 0.332. The molecule has 0 aliphatic heterocycles. The van der Waals surface area contributed by atoms with Gasteiger partial charge in [-0.1, -0.05) is 54.2 Å². The van der Waals surface area contributed by atoms with Crippen molar-refractivity contribution in [1.29, 1.82) is 0 Å². The van der Waals surface area contributed by atoms with Crippen LogP contribution in [0.3, 0.4) is 0 Å². The molecule has 0 aliphatic carbocycles. The summed E-state index contributed by atoms with van der Waals surface area (Å²) in [6, 6.07) is 22.0. The van der Waals surface area contributed by atoms with Gasteiger partial charge in [0.05, 0.1) is 22.1 Å². The van der Waals surface area contributed by atoms with E-state index >= 15 is 0 Å². The van der Waals surface area contributed by atoms with Gasteiger partial charge in [0.25, 0.3) is 5.22 Å². The predicted molar refractivity (Wildman–Crippen MR) is 101 cm³/mol. The highest BCUT2D eigenvalue weighted by Gasteiger charge is 2.10. The molecular weight excluding hydrogens is 330 g/mol. The van der Waals surface area contributed by atoms with E-state index in [1.165, 1.54) is 5.56 Å². The van der Waals surface area contributed by atoms with Crippen molar-refractivity contribution in [2.24, 2.45) is 0 Å². The fourth-order valence-corrected chi connectivity index (χ4v) is 3.60. The SMILES string of the molecule is c1ccc(CSc2nc3cc4nc5ccccc5nc4cc3o2)cc1. The van der Waals surface area contributed by atoms with E-state index in [0.29, 0.717) is 5.22 Å². The average Bonchev–Trinajstić information content (AvgIpc) is 3.05. The van der Waals surface area contributed by atoms with Crippen LogP contribution >= 0.6 is 11.8 Å². The van der Waals surface area contributed by atoms with Crippen molar-refractivity contribution in [1.82, 2.24) is 15.0 Å². The molecule has 2 heterocycles. The Morgan fingerprint density at radius 1 is 0.680 bits per heavy atom. The molecule has 25 heavy (non-hydrogen) atoms. The van der Waals surface area contributed by atoms with Crippen LogP contribution in [0, 0.1) is 0 Å². The number of hydrogen-bond donors (Lipinski definition) is 0. The zero-order valence-corrected chi connectivity index (χ0v) is 14.0. The van der Waals surface area contributed by atoms with Crippen LogP contribution in [0.5, 0.6) is 0 Å². The number of nitrogens with zero attached hydrogens (tertiary/aromatic N) is 3. The smallest absolute Gasteiger partial charge is 0.257 e. The first-order valence-corrected chi connectivity index (χ1v) is 8.97. The third-order valence-electron chi connectivity index (χ3n) is 4.03. The first-order chi connectivity index (χ1) is 12.3. The Bertz CT molecular complexity index is 1130. The van der Waals surface area contributed by atoms with Gasteiger partial charge in [-0.2, -0.15) is 0 Å². The summed E-state index contributed by atoms with van der Waals surface area (Å²) >= 11 is 1.59. The minimum atomic E-state index is 0.665. The van der Waals surface area contributed by atoms with Crippen molar-refractivity contribution < 1.29 is 4.42 Å². The van der Waals surface area contributed by atoms with Crippen LogP contribution in [0.1, 0.15) is 5.56 Å². The lowest BCUT2D eigenvalue weighted by atomic mass is 10.2. The predicted octanol–water partition coefficient (Wildman–Crippen LogP) is 5.22. The Morgan fingerprint density at radius 2 is 1.36 bits per heavy atom. The van der Waals surface area contributed by atoms with Crippen LogP contribution in [-0.4, -0.2) is 15.0 Å². The topological polar surface area (TPSA) is 51.8 Å². The van der Waals surface area contributed by atoms with Gasteiger partial charge in [-0.3, -0.25) is 0 Å². The van der Waals surface area contributed by atoms with Gasteiger partial charge in [-0.05, 0) is 23.8 Å². The maximum atomic E-state index is 5.89. The third-order valence-corrected chi connectivity index (χ3v) is 4.93. The standard InChI is InChI=1S/C20H13N3OS/c1-2-6-13(7-3-1)12-25-20-23-18-10-16-17(11-19(18)24-20)22-15-9-5-4-8-14(15)21-16/h1-11H,12H2. The molecule has 4 nitrogen and oxygen atoms in total. The zero-order chi connectivity index (χ0) is 16.6. The Labute approximate surface area is 147 Å². The number of hydrogen-bond acceptors (Lipinski definition) is 5. The van der Waals surface area contributed by atoms with E-state index in [-0.39, 0.29) is 0 Å². The summed E-state index contributed by atoms with van der Waals surface area (Å²) in [5.74, 6) is 0.827. The lowest BCUT2D eigenvalue weighted by Crippen LogP contribution is -1.86. The summed E-state index contributed by atoms with van der Waals surface area (Å²) in [4.78, 5) is 13.9. The van der Waals surface area contributed by atoms with Crippen molar-refractivity contribution in [2.45, 2.75) is 11.0 Å². The van der Waals surface area contributed by atoms with Crippen molar-refractivity contribution in [3.63, 3.8) is 0 Å². The molecule has 0 fully saturated rings. The second-order valence-electron chi connectivity index (χ2n) is 5.78. The van der Waals surface area contributed by atoms with Gasteiger partial charge in [0, 0.05) is 11.8 Å². The van der Waals surface area contributed by atoms with E-state index in [0.717, 1.165) is 38.9 Å². The fraction of sp³-hybridized carbons (Fsp3) is 0.0500. The highest BCUT2D eigenvalue weighted by atomic mass is 32.2. The summed E-state index contributed by atoms with van der Waals surface area (Å²) in [7, 11) is 0. The maximum Gasteiger partial charge on any atom is 0.257 e. The number of para-hydroxylation sites is 2. The lowest BCUT2D eigenvalue weighted by Gasteiger charge is -1.99. The lowest BCUT2D eigenvalue weighted by molar-refractivity contribution is 0.489. The second-order valence-corrected chi connectivity index (χ2v) is 6.70. The molecule has 5 rings (SSSR count). The van der Waals surface area contributed by atoms with Gasteiger partial charge in [-0.25, -0.2) is 15.0 Å². The van der Waals surface area contributed by atoms with E-state index in [1.54, 1.807) is 11.8 Å². The average molecular weight is 343 g/mol. The summed E-state index contributed by atoms with van der Waals surface area (Å²) < 4.78 is 5.89. The zero-order valence-electron chi connectivity index (χ0n) is 13.2. The van der Waals surface area contributed by atoms with Crippen molar-refractivity contribution in [3.8, 4) is 0 Å². The van der Waals surface area contributed by atoms with Crippen molar-refractivity contribution >= 4 is 44.9 Å². The van der Waals surface area contributed by atoms with Gasteiger partial charge in [0.15, 0.2) is 5.58 Å². The van der Waals surface area contributed by atoms with Crippen LogP contribution in [0.15, 0.2) is 76.4 Å². The van der Waals surface area contributed by atoms with E-state index in [4.69, 9.17) is 4.42 Å². The highest BCUT2D eigenvalue weighted by molar-refractivity contribution is 7.98. The Kier molecular flexibility index (Phi) is 3.38. The number of aromatic nitrogens is 3. The van der Waals surface area contributed by atoms with Crippen LogP contribution in [0.25, 0.3) is 33.2 Å². The molecule has 0 radical (unpaired) electrons. The maximum absolute atomic E-state index is 5.89. The molecule has 5 aromatic rings. The molecule has 0 atom stereocenters. The molecule has 3 aromatic carbocycles. The van der Waals surface area contributed by atoms with Gasteiger partial charge in [-0.15, -0.1) is 0 Å². The van der Waals surface area contributed by atoms with Crippen molar-refractivity contribution in [2.75, 3.05) is 0 Å². The summed E-state index contributed by atoms with van der Waals surface area (Å²) in [5, 5.41) is 0.665. The van der Waals surface area contributed by atoms with E-state index in [2.05, 4.69) is 27.1 Å². The monoisotopic (exact) mass is 343 g/mol. The van der Waals surface area contributed by atoms with E-state index in [1.807, 2.05) is 54.6 Å². The normalized spacial score (nSPS) is 11.5. The molecule has 5 heteroatoms. The number of benzene rings is 3. The Balaban J connectivity index is 1.54. The Morgan fingerprint density at radius 3 is 2.12 bits per heavy atom. The first kappa shape index (κ1) is 14.4. The van der Waals surface area contributed by atoms with Gasteiger partial charge < -0.3 is 4.42 Å². The largest absolute Gasteiger partial charge is 0.431 e. The molecule has 0 unspecified atom stereocenters. The summed E-state index contributed by atoms with van der Waals surface area (Å²) in [5.41, 5.74) is 6.22. The van der Waals surface area contributed by atoms with Gasteiger partial charge >= 0.3 is 0 Å². The molecule has 0 saturated carbocycles. The molecular formula is C20H13N3OS. The number of oxazole rings is 1. The van der Waals surface area contributed by atoms with Gasteiger partial charge in [0.1, 0.15) is 5.52 Å². The molecule has 2 aromatic heterocycles. The molecule has 0 spiro atoms. The minimum Gasteiger partial charge on any atom is -0.431 e. The van der Waals surface area contributed by atoms with E-state index in [9.17, 15) is 0 Å². The Hall–Kier alpha value is -2.92. The third kappa shape index (κ3) is 2.72. The van der Waals surface area contributed by atoms with Crippen LogP contribution in [0.2, 0.25) is 0 Å². The molecule has 0 aliphatic rings. The van der Waals surface area contributed by atoms with Gasteiger partial charge in [0.2, 0.25) is 0 Å². The number of fused-ring (bicyclic) bond motifs is 3. The summed E-state index contributed by atoms with van der Waals surface area (Å²) in [6.07, 6.45) is 0. The van der Waals surface area contributed by atoms with Crippen LogP contribution in [-0.2, 0) is 5.75 Å². The highest BCUT2D eigenvalue weighted by Crippen LogP contribution is 2.28. The van der Waals surface area contributed by atoms with Crippen molar-refractivity contribution in [3.05, 3.63) is 72.3 Å². The molecule has 0 N–H and O–H groups in total. The molecule has 0 bridgehead atoms. The van der Waals surface area contributed by atoms with Crippen LogP contribution < -0.4 is 0 Å². The first-order valence-electron chi connectivity index (χ1n) is 7.99. The second kappa shape index (κ2) is 5.86. The molecule has 0 saturated heterocycles. The minimum absolute atomic E-state index is 0.665. The number of rotatable bonds is 3.